The van der Waals surface area contributed by atoms with Crippen LogP contribution in [0.4, 0.5) is 9.59 Å². The second kappa shape index (κ2) is 15.6. The smallest absolute Gasteiger partial charge is 0.410 e. The van der Waals surface area contributed by atoms with Crippen molar-refractivity contribution in [3.05, 3.63) is 53.6 Å². The highest BCUT2D eigenvalue weighted by Crippen LogP contribution is 2.33. The van der Waals surface area contributed by atoms with Crippen LogP contribution in [0.2, 0.25) is 0 Å². The van der Waals surface area contributed by atoms with Crippen molar-refractivity contribution in [1.82, 2.24) is 20.0 Å². The van der Waals surface area contributed by atoms with Gasteiger partial charge in [-0.2, -0.15) is 0 Å². The lowest BCUT2D eigenvalue weighted by molar-refractivity contribution is -0.133. The summed E-state index contributed by atoms with van der Waals surface area (Å²) in [5.74, 6) is -0.940. The third-order valence-corrected chi connectivity index (χ3v) is 7.91. The number of hydrogen-bond donors (Lipinski definition) is 2. The first kappa shape index (κ1) is 37.0. The number of nitrogens with one attached hydrogen (secondary N) is 1. The minimum Gasteiger partial charge on any atom is -0.488 e. The van der Waals surface area contributed by atoms with E-state index < -0.39 is 23.3 Å². The number of rotatable bonds is 9. The molecule has 2 aliphatic heterocycles. The molecule has 0 radical (unpaired) electrons. The molecule has 2 N–H and O–H groups in total. The molecule has 2 aromatic carbocycles. The summed E-state index contributed by atoms with van der Waals surface area (Å²) in [7, 11) is 0. The van der Waals surface area contributed by atoms with Crippen molar-refractivity contribution >= 4 is 30.0 Å². The van der Waals surface area contributed by atoms with E-state index in [1.54, 1.807) is 45.0 Å². The monoisotopic (exact) mass is 680 g/mol. The van der Waals surface area contributed by atoms with Gasteiger partial charge in [-0.1, -0.05) is 12.1 Å². The normalized spacial score (nSPS) is 16.6. The van der Waals surface area contributed by atoms with Crippen molar-refractivity contribution < 1.29 is 43.3 Å². The van der Waals surface area contributed by atoms with Gasteiger partial charge in [0.05, 0.1) is 12.1 Å². The summed E-state index contributed by atoms with van der Waals surface area (Å²) in [6.07, 6.45) is 0.232. The molecular formula is C36H48N4O9. The summed E-state index contributed by atoms with van der Waals surface area (Å²) < 4.78 is 17.2. The maximum Gasteiger partial charge on any atom is 0.410 e. The van der Waals surface area contributed by atoms with Gasteiger partial charge in [-0.3, -0.25) is 9.59 Å². The van der Waals surface area contributed by atoms with Gasteiger partial charge in [-0.15, -0.1) is 0 Å². The third kappa shape index (κ3) is 10.8. The zero-order valence-electron chi connectivity index (χ0n) is 29.2. The Morgan fingerprint density at radius 3 is 1.94 bits per heavy atom. The zero-order valence-corrected chi connectivity index (χ0v) is 29.2. The molecule has 2 aliphatic rings. The Morgan fingerprint density at radius 1 is 0.776 bits per heavy atom. The van der Waals surface area contributed by atoms with Crippen LogP contribution in [0.15, 0.2) is 42.5 Å². The first-order valence-corrected chi connectivity index (χ1v) is 16.7. The fourth-order valence-electron chi connectivity index (χ4n) is 5.46. The molecule has 4 amide bonds. The van der Waals surface area contributed by atoms with Crippen LogP contribution in [0.25, 0.3) is 11.1 Å². The van der Waals surface area contributed by atoms with E-state index in [0.29, 0.717) is 81.1 Å². The molecule has 0 bridgehead atoms. The Labute approximate surface area is 287 Å². The summed E-state index contributed by atoms with van der Waals surface area (Å²) in [5.41, 5.74) is 0.524. The molecule has 13 nitrogen and oxygen atoms in total. The molecule has 0 aliphatic carbocycles. The Balaban J connectivity index is 1.28. The number of carboxylic acids is 1. The van der Waals surface area contributed by atoms with Crippen molar-refractivity contribution in [2.24, 2.45) is 0 Å². The predicted octanol–water partition coefficient (Wildman–Crippen LogP) is 5.03. The minimum absolute atomic E-state index is 0.0285. The number of likely N-dealkylation sites (tertiary alicyclic amines) is 1. The maximum atomic E-state index is 12.9. The first-order chi connectivity index (χ1) is 23.0. The van der Waals surface area contributed by atoms with Gasteiger partial charge in [-0.05, 0) is 83.9 Å². The molecule has 2 heterocycles. The molecule has 2 saturated heterocycles. The molecule has 0 saturated carbocycles. The van der Waals surface area contributed by atoms with Gasteiger partial charge in [0.15, 0.2) is 0 Å². The van der Waals surface area contributed by atoms with Gasteiger partial charge in [0.1, 0.15) is 23.1 Å². The summed E-state index contributed by atoms with van der Waals surface area (Å²) in [4.78, 5) is 67.0. The Hall–Kier alpha value is -4.81. The summed E-state index contributed by atoms with van der Waals surface area (Å²) in [6, 6.07) is 11.4. The van der Waals surface area contributed by atoms with Crippen molar-refractivity contribution in [3.63, 3.8) is 0 Å². The van der Waals surface area contributed by atoms with Crippen molar-refractivity contribution in [1.29, 1.82) is 0 Å². The van der Waals surface area contributed by atoms with Crippen LogP contribution in [0, 0.1) is 0 Å². The summed E-state index contributed by atoms with van der Waals surface area (Å²) in [6.45, 7) is 13.7. The van der Waals surface area contributed by atoms with Crippen LogP contribution in [-0.2, 0) is 14.3 Å². The van der Waals surface area contributed by atoms with Gasteiger partial charge in [0.2, 0.25) is 5.91 Å². The molecule has 49 heavy (non-hydrogen) atoms. The van der Waals surface area contributed by atoms with Crippen LogP contribution in [0.5, 0.6) is 5.75 Å². The molecule has 2 fully saturated rings. The minimum atomic E-state index is -1.08. The van der Waals surface area contributed by atoms with E-state index in [1.165, 1.54) is 12.1 Å². The van der Waals surface area contributed by atoms with Crippen LogP contribution in [0.3, 0.4) is 0 Å². The number of benzene rings is 2. The average molecular weight is 681 g/mol. The lowest BCUT2D eigenvalue weighted by Crippen LogP contribution is -2.51. The molecule has 0 spiro atoms. The van der Waals surface area contributed by atoms with Crippen molar-refractivity contribution in [3.8, 4) is 16.9 Å². The average Bonchev–Trinajstić information content (AvgIpc) is 3.50. The Bertz CT molecular complexity index is 1520. The van der Waals surface area contributed by atoms with Gasteiger partial charge in [0, 0.05) is 63.2 Å². The highest BCUT2D eigenvalue weighted by molar-refractivity contribution is 5.95. The highest BCUT2D eigenvalue weighted by atomic mass is 16.6. The van der Waals surface area contributed by atoms with Crippen LogP contribution >= 0.6 is 0 Å². The Kier molecular flexibility index (Phi) is 11.8. The van der Waals surface area contributed by atoms with Crippen LogP contribution in [-0.4, -0.2) is 113 Å². The van der Waals surface area contributed by atoms with Crippen molar-refractivity contribution in [2.45, 2.75) is 78.1 Å². The van der Waals surface area contributed by atoms with Gasteiger partial charge < -0.3 is 39.3 Å². The number of nitrogens with zero attached hydrogens (tertiary/aromatic N) is 3. The van der Waals surface area contributed by atoms with E-state index in [2.05, 4.69) is 5.32 Å². The zero-order chi connectivity index (χ0) is 35.9. The number of aromatic carboxylic acids is 1. The largest absolute Gasteiger partial charge is 0.488 e. The number of amides is 4. The number of carbonyl (C=O) groups excluding carboxylic acids is 4. The molecule has 1 atom stereocenters. The number of hydrogen-bond acceptors (Lipinski definition) is 8. The summed E-state index contributed by atoms with van der Waals surface area (Å²) in [5, 5.41) is 12.5. The molecule has 0 aromatic heterocycles. The van der Waals surface area contributed by atoms with E-state index in [1.807, 2.05) is 41.5 Å². The lowest BCUT2D eigenvalue weighted by Gasteiger charge is -2.35. The fraction of sp³-hybridized carbons (Fsp3) is 0.528. The third-order valence-electron chi connectivity index (χ3n) is 7.91. The van der Waals surface area contributed by atoms with Gasteiger partial charge in [0.25, 0.3) is 5.91 Å². The quantitative estimate of drug-likeness (QED) is 0.347. The molecular weight excluding hydrogens is 632 g/mol. The van der Waals surface area contributed by atoms with Gasteiger partial charge >= 0.3 is 18.2 Å². The number of ether oxygens (including phenoxy) is 3. The van der Waals surface area contributed by atoms with Crippen LogP contribution in [0.1, 0.15) is 81.5 Å². The molecule has 13 heteroatoms. The maximum absolute atomic E-state index is 12.9. The first-order valence-electron chi connectivity index (χ1n) is 16.7. The molecule has 2 aromatic rings. The molecule has 0 unspecified atom stereocenters. The standard InChI is InChI=1S/C36H48N4O9/c1-35(2,3)48-33(45)39-20-18-38(19-21-39)30(41)8-7-16-37-31(42)25-11-9-24(10-12-25)28-22-26(32(43)44)13-14-29(28)47-27-15-17-40(23-27)34(46)49-36(4,5)6/h9-14,22,27H,7-8,15-21,23H2,1-6H3,(H,37,42)(H,43,44)/t27-/m0/s1. The van der Waals surface area contributed by atoms with E-state index in [-0.39, 0.29) is 36.0 Å². The number of carbonyl (C=O) groups is 5. The Morgan fingerprint density at radius 2 is 1.35 bits per heavy atom. The van der Waals surface area contributed by atoms with E-state index in [9.17, 15) is 29.1 Å². The SMILES string of the molecule is CC(C)(C)OC(=O)N1CCN(C(=O)CCCNC(=O)c2ccc(-c3cc(C(=O)O)ccc3O[C@H]3CCN(C(=O)OC(C)(C)C)C3)cc2)CC1. The van der Waals surface area contributed by atoms with E-state index >= 15 is 0 Å². The topological polar surface area (TPSA) is 155 Å². The molecule has 4 rings (SSSR count). The van der Waals surface area contributed by atoms with Gasteiger partial charge in [-0.25, -0.2) is 14.4 Å². The van der Waals surface area contributed by atoms with Crippen LogP contribution < -0.4 is 10.1 Å². The highest BCUT2D eigenvalue weighted by Gasteiger charge is 2.32. The second-order valence-electron chi connectivity index (χ2n) is 14.3. The van der Waals surface area contributed by atoms with Crippen molar-refractivity contribution in [2.75, 3.05) is 45.8 Å². The number of piperazine rings is 1. The summed E-state index contributed by atoms with van der Waals surface area (Å²) >= 11 is 0. The predicted molar refractivity (Wildman–Crippen MR) is 182 cm³/mol. The van der Waals surface area contributed by atoms with E-state index in [0.717, 1.165) is 0 Å². The number of carboxylic acid groups (broad SMARTS) is 1. The lowest BCUT2D eigenvalue weighted by atomic mass is 10.00. The van der Waals surface area contributed by atoms with E-state index in [4.69, 9.17) is 14.2 Å². The molecule has 266 valence electrons. The fourth-order valence-corrected chi connectivity index (χ4v) is 5.46. The second-order valence-corrected chi connectivity index (χ2v) is 14.3.